The number of carboxylic acid groups (broad SMARTS) is 1. The van der Waals surface area contributed by atoms with Crippen molar-refractivity contribution in [3.8, 4) is 0 Å². The zero-order valence-electron chi connectivity index (χ0n) is 9.32. The Hall–Kier alpha value is -1.11. The predicted molar refractivity (Wildman–Crippen MR) is 72.6 cm³/mol. The Morgan fingerprint density at radius 1 is 1.50 bits per heavy atom. The second-order valence-electron chi connectivity index (χ2n) is 3.66. The molecule has 5 nitrogen and oxygen atoms in total. The molecule has 18 heavy (non-hydrogen) atoms. The maximum absolute atomic E-state index is 11.6. The van der Waals surface area contributed by atoms with Crippen molar-refractivity contribution in [3.05, 3.63) is 27.7 Å². The number of carboxylic acids is 1. The predicted octanol–water partition coefficient (Wildman–Crippen LogP) is 2.23. The van der Waals surface area contributed by atoms with Crippen molar-refractivity contribution in [1.29, 1.82) is 0 Å². The summed E-state index contributed by atoms with van der Waals surface area (Å²) in [5.41, 5.74) is 6.11. The van der Waals surface area contributed by atoms with Gasteiger partial charge in [-0.15, -0.1) is 0 Å². The van der Waals surface area contributed by atoms with Crippen molar-refractivity contribution < 1.29 is 14.7 Å². The molecular weight excluding hydrogens is 323 g/mol. The van der Waals surface area contributed by atoms with Crippen LogP contribution in [0.4, 0.5) is 5.69 Å². The number of hydrogen-bond acceptors (Lipinski definition) is 3. The van der Waals surface area contributed by atoms with Crippen LogP contribution in [-0.2, 0) is 9.59 Å². The van der Waals surface area contributed by atoms with Crippen LogP contribution in [0.1, 0.15) is 12.8 Å². The summed E-state index contributed by atoms with van der Waals surface area (Å²) in [7, 11) is 0. The van der Waals surface area contributed by atoms with Crippen molar-refractivity contribution >= 4 is 45.1 Å². The summed E-state index contributed by atoms with van der Waals surface area (Å²) in [4.78, 5) is 22.0. The Morgan fingerprint density at radius 2 is 2.17 bits per heavy atom. The molecule has 1 atom stereocenters. The van der Waals surface area contributed by atoms with Gasteiger partial charge in [0.05, 0.1) is 11.1 Å². The smallest absolute Gasteiger partial charge is 0.303 e. The molecule has 4 N–H and O–H groups in total. The Kier molecular flexibility index (Phi) is 5.58. The van der Waals surface area contributed by atoms with E-state index >= 15 is 0 Å². The molecule has 0 fully saturated rings. The van der Waals surface area contributed by atoms with Crippen molar-refractivity contribution in [2.75, 3.05) is 5.32 Å². The molecule has 1 unspecified atom stereocenters. The summed E-state index contributed by atoms with van der Waals surface area (Å²) in [6.45, 7) is 0. The molecule has 1 aromatic carbocycles. The molecule has 0 saturated heterocycles. The topological polar surface area (TPSA) is 92.4 Å². The lowest BCUT2D eigenvalue weighted by Crippen LogP contribution is -2.36. The molecule has 98 valence electrons. The van der Waals surface area contributed by atoms with Crippen LogP contribution in [0.15, 0.2) is 22.7 Å². The van der Waals surface area contributed by atoms with E-state index in [4.69, 9.17) is 22.4 Å². The third-order valence-corrected chi connectivity index (χ3v) is 3.41. The highest BCUT2D eigenvalue weighted by Gasteiger charge is 2.15. The molecule has 0 aliphatic heterocycles. The highest BCUT2D eigenvalue weighted by Crippen LogP contribution is 2.25. The van der Waals surface area contributed by atoms with E-state index in [-0.39, 0.29) is 12.8 Å². The maximum Gasteiger partial charge on any atom is 0.303 e. The monoisotopic (exact) mass is 334 g/mol. The molecule has 0 aliphatic carbocycles. The van der Waals surface area contributed by atoms with Crippen LogP contribution < -0.4 is 11.1 Å². The van der Waals surface area contributed by atoms with Crippen LogP contribution in [0.2, 0.25) is 5.02 Å². The van der Waals surface area contributed by atoms with Gasteiger partial charge in [-0.1, -0.05) is 11.6 Å². The number of benzene rings is 1. The number of carbonyl (C=O) groups is 2. The van der Waals surface area contributed by atoms with Gasteiger partial charge in [0.25, 0.3) is 0 Å². The Morgan fingerprint density at radius 3 is 2.72 bits per heavy atom. The number of hydrogen-bond donors (Lipinski definition) is 3. The molecule has 7 heteroatoms. The van der Waals surface area contributed by atoms with E-state index in [1.807, 2.05) is 0 Å². The number of nitrogens with two attached hydrogens (primary N) is 1. The van der Waals surface area contributed by atoms with Gasteiger partial charge in [-0.05, 0) is 40.5 Å². The Balaban J connectivity index is 2.58. The van der Waals surface area contributed by atoms with Gasteiger partial charge in [-0.3, -0.25) is 9.59 Å². The van der Waals surface area contributed by atoms with Gasteiger partial charge in [0.15, 0.2) is 0 Å². The van der Waals surface area contributed by atoms with Crippen LogP contribution in [0.25, 0.3) is 0 Å². The van der Waals surface area contributed by atoms with Crippen molar-refractivity contribution in [1.82, 2.24) is 0 Å². The summed E-state index contributed by atoms with van der Waals surface area (Å²) < 4.78 is 0.654. The lowest BCUT2D eigenvalue weighted by Gasteiger charge is -2.11. The first kappa shape index (κ1) is 14.9. The standard InChI is InChI=1S/C11H12BrClN2O3/c12-7-5-6(1-2-8(7)13)15-11(18)9(14)3-4-10(16)17/h1-2,5,9H,3-4,14H2,(H,15,18)(H,16,17). The largest absolute Gasteiger partial charge is 0.481 e. The van der Waals surface area contributed by atoms with E-state index in [2.05, 4.69) is 21.2 Å². The number of anilines is 1. The first-order valence-electron chi connectivity index (χ1n) is 5.13. The minimum Gasteiger partial charge on any atom is -0.481 e. The maximum atomic E-state index is 11.6. The first-order chi connectivity index (χ1) is 8.40. The fraction of sp³-hybridized carbons (Fsp3) is 0.273. The zero-order chi connectivity index (χ0) is 13.7. The van der Waals surface area contributed by atoms with Crippen molar-refractivity contribution in [2.45, 2.75) is 18.9 Å². The molecule has 0 bridgehead atoms. The quantitative estimate of drug-likeness (QED) is 0.769. The third-order valence-electron chi connectivity index (χ3n) is 2.19. The highest BCUT2D eigenvalue weighted by atomic mass is 79.9. The zero-order valence-corrected chi connectivity index (χ0v) is 11.7. The number of rotatable bonds is 5. The van der Waals surface area contributed by atoms with Gasteiger partial charge >= 0.3 is 5.97 Å². The molecule has 0 radical (unpaired) electrons. The van der Waals surface area contributed by atoms with Gasteiger partial charge in [0, 0.05) is 16.6 Å². The summed E-state index contributed by atoms with van der Waals surface area (Å²) >= 11 is 9.05. The van der Waals surface area contributed by atoms with E-state index in [1.54, 1.807) is 18.2 Å². The van der Waals surface area contributed by atoms with Crippen molar-refractivity contribution in [2.24, 2.45) is 5.73 Å². The number of nitrogens with one attached hydrogen (secondary N) is 1. The van der Waals surface area contributed by atoms with Crippen LogP contribution in [0.5, 0.6) is 0 Å². The van der Waals surface area contributed by atoms with Gasteiger partial charge < -0.3 is 16.2 Å². The molecule has 0 spiro atoms. The number of halogens is 2. The van der Waals surface area contributed by atoms with Gasteiger partial charge in [-0.25, -0.2) is 0 Å². The summed E-state index contributed by atoms with van der Waals surface area (Å²) in [6, 6.07) is 4.05. The normalized spacial score (nSPS) is 11.9. The molecule has 1 aromatic rings. The molecule has 0 heterocycles. The first-order valence-corrected chi connectivity index (χ1v) is 6.30. The van der Waals surface area contributed by atoms with Crippen LogP contribution in [0, 0.1) is 0 Å². The fourth-order valence-corrected chi connectivity index (χ4v) is 1.72. The molecule has 1 amide bonds. The van der Waals surface area contributed by atoms with Gasteiger partial charge in [0.2, 0.25) is 5.91 Å². The molecule has 0 saturated carbocycles. The summed E-state index contributed by atoms with van der Waals surface area (Å²) in [6.07, 6.45) is -0.0468. The molecular formula is C11H12BrClN2O3. The SMILES string of the molecule is NC(CCC(=O)O)C(=O)Nc1ccc(Cl)c(Br)c1. The number of amides is 1. The van der Waals surface area contributed by atoms with Crippen LogP contribution >= 0.6 is 27.5 Å². The average molecular weight is 336 g/mol. The van der Waals surface area contributed by atoms with Crippen LogP contribution in [-0.4, -0.2) is 23.0 Å². The second kappa shape index (κ2) is 6.72. The van der Waals surface area contributed by atoms with Gasteiger partial charge in [0.1, 0.15) is 0 Å². The van der Waals surface area contributed by atoms with E-state index in [0.29, 0.717) is 15.2 Å². The number of carbonyl (C=O) groups excluding carboxylic acids is 1. The minimum atomic E-state index is -0.979. The van der Waals surface area contributed by atoms with Gasteiger partial charge in [-0.2, -0.15) is 0 Å². The summed E-state index contributed by atoms with van der Waals surface area (Å²) in [5, 5.41) is 11.6. The third kappa shape index (κ3) is 4.64. The van der Waals surface area contributed by atoms with E-state index < -0.39 is 17.9 Å². The average Bonchev–Trinajstić information content (AvgIpc) is 2.30. The molecule has 0 aromatic heterocycles. The number of aliphatic carboxylic acids is 1. The van der Waals surface area contributed by atoms with E-state index in [9.17, 15) is 9.59 Å². The molecule has 0 aliphatic rings. The lowest BCUT2D eigenvalue weighted by molar-refractivity contribution is -0.137. The Labute approximate surface area is 117 Å². The Bertz CT molecular complexity index is 468. The van der Waals surface area contributed by atoms with E-state index in [1.165, 1.54) is 0 Å². The second-order valence-corrected chi connectivity index (χ2v) is 4.92. The van der Waals surface area contributed by atoms with Crippen molar-refractivity contribution in [3.63, 3.8) is 0 Å². The van der Waals surface area contributed by atoms with E-state index in [0.717, 1.165) is 0 Å². The highest BCUT2D eigenvalue weighted by molar-refractivity contribution is 9.10. The molecule has 1 rings (SSSR count). The summed E-state index contributed by atoms with van der Waals surface area (Å²) in [5.74, 6) is -1.40. The minimum absolute atomic E-state index is 0.0932. The lowest BCUT2D eigenvalue weighted by atomic mass is 10.1. The van der Waals surface area contributed by atoms with Crippen LogP contribution in [0.3, 0.4) is 0 Å². The fourth-order valence-electron chi connectivity index (χ4n) is 1.22.